The summed E-state index contributed by atoms with van der Waals surface area (Å²) in [7, 11) is 0. The molecule has 2 aromatic rings. The van der Waals surface area contributed by atoms with Gasteiger partial charge in [-0.15, -0.1) is 0 Å². The van der Waals surface area contributed by atoms with Crippen LogP contribution in [0.15, 0.2) is 48.5 Å². The number of likely N-dealkylation sites (tertiary alicyclic amines) is 1. The van der Waals surface area contributed by atoms with Crippen molar-refractivity contribution in [3.8, 4) is 5.75 Å². The Morgan fingerprint density at radius 3 is 2.10 bits per heavy atom. The number of rotatable bonds is 4. The first kappa shape index (κ1) is 21.6. The third kappa shape index (κ3) is 4.55. The summed E-state index contributed by atoms with van der Waals surface area (Å²) in [5.41, 5.74) is -0.974. The lowest BCUT2D eigenvalue weighted by Crippen LogP contribution is -2.48. The number of hydrogen-bond acceptors (Lipinski definition) is 4. The number of hydrogen-bond donors (Lipinski definition) is 1. The molecule has 166 valence electrons. The van der Waals surface area contributed by atoms with Crippen molar-refractivity contribution in [1.29, 1.82) is 0 Å². The van der Waals surface area contributed by atoms with Crippen LogP contribution in [0.3, 0.4) is 0 Å². The van der Waals surface area contributed by atoms with Gasteiger partial charge in [0.1, 0.15) is 17.0 Å². The fourth-order valence-corrected chi connectivity index (χ4v) is 3.85. The molecular weight excluding hydrogens is 411 g/mol. The van der Waals surface area contributed by atoms with E-state index in [1.54, 1.807) is 29.2 Å². The van der Waals surface area contributed by atoms with Crippen molar-refractivity contribution in [2.24, 2.45) is 0 Å². The van der Waals surface area contributed by atoms with Crippen molar-refractivity contribution >= 4 is 5.91 Å². The Morgan fingerprint density at radius 2 is 1.61 bits per heavy atom. The number of piperidine rings is 1. The van der Waals surface area contributed by atoms with Crippen molar-refractivity contribution in [3.05, 3.63) is 65.2 Å². The normalized spacial score (nSPS) is 20.1. The van der Waals surface area contributed by atoms with Crippen LogP contribution in [-0.2, 0) is 16.5 Å². The molecule has 1 amide bonds. The molecule has 0 saturated carbocycles. The molecule has 1 N–H and O–H groups in total. The lowest BCUT2D eigenvalue weighted by atomic mass is 9.90. The minimum absolute atomic E-state index is 0.0972. The van der Waals surface area contributed by atoms with Crippen LogP contribution in [0, 0.1) is 0 Å². The van der Waals surface area contributed by atoms with Gasteiger partial charge in [-0.3, -0.25) is 4.79 Å². The van der Waals surface area contributed by atoms with E-state index in [2.05, 4.69) is 0 Å². The Balaban J connectivity index is 1.34. The molecule has 0 spiro atoms. The quantitative estimate of drug-likeness (QED) is 0.789. The van der Waals surface area contributed by atoms with E-state index in [0.717, 1.165) is 17.7 Å². The molecule has 2 aliphatic rings. The summed E-state index contributed by atoms with van der Waals surface area (Å²) < 4.78 is 49.2. The maximum atomic E-state index is 12.8. The lowest BCUT2D eigenvalue weighted by Gasteiger charge is -2.39. The Kier molecular flexibility index (Phi) is 5.47. The van der Waals surface area contributed by atoms with Crippen LogP contribution in [0.2, 0.25) is 0 Å². The second-order valence-corrected chi connectivity index (χ2v) is 8.47. The van der Waals surface area contributed by atoms with E-state index in [-0.39, 0.29) is 19.1 Å². The molecule has 0 aliphatic carbocycles. The van der Waals surface area contributed by atoms with E-state index < -0.39 is 22.9 Å². The molecular formula is C23H24F3NO4. The predicted octanol–water partition coefficient (Wildman–Crippen LogP) is 4.00. The fourth-order valence-electron chi connectivity index (χ4n) is 3.85. The number of ether oxygens (including phenoxy) is 2. The molecule has 2 saturated heterocycles. The van der Waals surface area contributed by atoms with Gasteiger partial charge in [0.05, 0.1) is 18.8 Å². The van der Waals surface area contributed by atoms with Gasteiger partial charge in [-0.05, 0) is 48.9 Å². The first-order valence-corrected chi connectivity index (χ1v) is 10.1. The summed E-state index contributed by atoms with van der Waals surface area (Å²) in [4.78, 5) is 14.6. The molecule has 2 fully saturated rings. The second-order valence-electron chi connectivity index (χ2n) is 8.47. The molecule has 0 atom stereocenters. The molecule has 5 nitrogen and oxygen atoms in total. The average Bonchev–Trinajstić information content (AvgIpc) is 2.72. The van der Waals surface area contributed by atoms with Gasteiger partial charge < -0.3 is 19.5 Å². The summed E-state index contributed by atoms with van der Waals surface area (Å²) in [6.45, 7) is 3.38. The summed E-state index contributed by atoms with van der Waals surface area (Å²) in [5.74, 6) is 0.281. The van der Waals surface area contributed by atoms with Gasteiger partial charge in [0.15, 0.2) is 0 Å². The van der Waals surface area contributed by atoms with Crippen LogP contribution in [0.5, 0.6) is 5.75 Å². The SMILES string of the molecule is CC1(Oc2ccc(C(F)(F)F)cc2)CCN(C(=O)c2ccc(C3(O)COC3)cc2)CC1. The van der Waals surface area contributed by atoms with E-state index in [4.69, 9.17) is 9.47 Å². The van der Waals surface area contributed by atoms with Crippen molar-refractivity contribution in [3.63, 3.8) is 0 Å². The summed E-state index contributed by atoms with van der Waals surface area (Å²) in [6, 6.07) is 11.6. The van der Waals surface area contributed by atoms with Crippen LogP contribution in [0.25, 0.3) is 0 Å². The predicted molar refractivity (Wildman–Crippen MR) is 107 cm³/mol. The van der Waals surface area contributed by atoms with Crippen molar-refractivity contribution < 1.29 is 32.5 Å². The zero-order valence-electron chi connectivity index (χ0n) is 17.1. The number of carbonyl (C=O) groups excluding carboxylic acids is 1. The highest BCUT2D eigenvalue weighted by molar-refractivity contribution is 5.94. The van der Waals surface area contributed by atoms with Crippen LogP contribution in [-0.4, -0.2) is 47.8 Å². The van der Waals surface area contributed by atoms with Crippen molar-refractivity contribution in [1.82, 2.24) is 4.90 Å². The third-order valence-corrected chi connectivity index (χ3v) is 6.01. The number of halogens is 3. The summed E-state index contributed by atoms with van der Waals surface area (Å²) in [6.07, 6.45) is -3.25. The number of nitrogens with zero attached hydrogens (tertiary/aromatic N) is 1. The second kappa shape index (κ2) is 7.84. The maximum Gasteiger partial charge on any atom is 0.416 e. The van der Waals surface area contributed by atoms with Crippen LogP contribution in [0.4, 0.5) is 13.2 Å². The topological polar surface area (TPSA) is 59.0 Å². The van der Waals surface area contributed by atoms with Crippen LogP contribution < -0.4 is 4.74 Å². The van der Waals surface area contributed by atoms with E-state index in [1.807, 2.05) is 6.92 Å². The minimum atomic E-state index is -4.38. The Labute approximate surface area is 178 Å². The molecule has 2 aliphatic heterocycles. The smallest absolute Gasteiger partial charge is 0.416 e. The standard InChI is InChI=1S/C23H24F3NO4/c1-21(31-19-8-6-18(7-9-19)23(24,25)26)10-12-27(13-11-21)20(28)16-2-4-17(5-3-16)22(29)14-30-15-22/h2-9,29H,10-15H2,1H3. The van der Waals surface area contributed by atoms with Crippen molar-refractivity contribution in [2.75, 3.05) is 26.3 Å². The molecule has 8 heteroatoms. The first-order valence-electron chi connectivity index (χ1n) is 10.1. The highest BCUT2D eigenvalue weighted by atomic mass is 19.4. The Hall–Kier alpha value is -2.58. The molecule has 0 bridgehead atoms. The molecule has 2 heterocycles. The average molecular weight is 435 g/mol. The first-order chi connectivity index (χ1) is 14.6. The monoisotopic (exact) mass is 435 g/mol. The summed E-state index contributed by atoms with van der Waals surface area (Å²) >= 11 is 0. The Morgan fingerprint density at radius 1 is 1.03 bits per heavy atom. The lowest BCUT2D eigenvalue weighted by molar-refractivity contribution is -0.184. The molecule has 2 aromatic carbocycles. The van der Waals surface area contributed by atoms with E-state index >= 15 is 0 Å². The van der Waals surface area contributed by atoms with Gasteiger partial charge in [-0.2, -0.15) is 13.2 Å². The van der Waals surface area contributed by atoms with Crippen LogP contribution in [0.1, 0.15) is 41.3 Å². The number of alkyl halides is 3. The highest BCUT2D eigenvalue weighted by Gasteiger charge is 2.38. The summed E-state index contributed by atoms with van der Waals surface area (Å²) in [5, 5.41) is 10.3. The minimum Gasteiger partial charge on any atom is -0.487 e. The zero-order valence-corrected chi connectivity index (χ0v) is 17.1. The van der Waals surface area contributed by atoms with Crippen molar-refractivity contribution in [2.45, 2.75) is 37.1 Å². The van der Waals surface area contributed by atoms with E-state index in [9.17, 15) is 23.1 Å². The molecule has 0 unspecified atom stereocenters. The van der Waals surface area contributed by atoms with Gasteiger partial charge in [0.25, 0.3) is 5.91 Å². The highest BCUT2D eigenvalue weighted by Crippen LogP contribution is 2.33. The number of carbonyl (C=O) groups is 1. The number of benzene rings is 2. The van der Waals surface area contributed by atoms with E-state index in [0.29, 0.717) is 37.2 Å². The van der Waals surface area contributed by atoms with E-state index in [1.165, 1.54) is 12.1 Å². The molecule has 4 rings (SSSR count). The number of aliphatic hydroxyl groups is 1. The molecule has 0 radical (unpaired) electrons. The largest absolute Gasteiger partial charge is 0.487 e. The fraction of sp³-hybridized carbons (Fsp3) is 0.435. The third-order valence-electron chi connectivity index (χ3n) is 6.01. The molecule has 31 heavy (non-hydrogen) atoms. The Bertz CT molecular complexity index is 929. The maximum absolute atomic E-state index is 12.8. The molecule has 0 aromatic heterocycles. The van der Waals surface area contributed by atoms with Gasteiger partial charge in [0, 0.05) is 31.5 Å². The van der Waals surface area contributed by atoms with Crippen LogP contribution >= 0.6 is 0 Å². The van der Waals surface area contributed by atoms with Gasteiger partial charge >= 0.3 is 6.18 Å². The zero-order chi connectivity index (χ0) is 22.3. The van der Waals surface area contributed by atoms with Gasteiger partial charge in [-0.25, -0.2) is 0 Å². The number of amides is 1. The van der Waals surface area contributed by atoms with Gasteiger partial charge in [-0.1, -0.05) is 12.1 Å². The van der Waals surface area contributed by atoms with Gasteiger partial charge in [0.2, 0.25) is 0 Å².